The molecule has 0 spiro atoms. The third-order valence-corrected chi connectivity index (χ3v) is 3.66. The second-order valence-electron chi connectivity index (χ2n) is 3.97. The van der Waals surface area contributed by atoms with Crippen LogP contribution in [0.15, 0.2) is 11.4 Å². The summed E-state index contributed by atoms with van der Waals surface area (Å²) in [5, 5.41) is 10.6. The summed E-state index contributed by atoms with van der Waals surface area (Å²) >= 11 is 1.40. The van der Waals surface area contributed by atoms with Gasteiger partial charge in [0.2, 0.25) is 0 Å². The topological polar surface area (TPSA) is 57.6 Å². The number of carboxylic acid groups (broad SMARTS) is 1. The number of hydrogen-bond acceptors (Lipinski definition) is 3. The van der Waals surface area contributed by atoms with E-state index in [4.69, 9.17) is 5.11 Å². The summed E-state index contributed by atoms with van der Waals surface area (Å²) in [6.45, 7) is 6.03. The molecule has 1 aromatic rings. The minimum Gasteiger partial charge on any atom is -0.481 e. The number of rotatable bonds is 5. The normalized spacial score (nSPS) is 12.2. The van der Waals surface area contributed by atoms with Gasteiger partial charge in [-0.05, 0) is 37.8 Å². The van der Waals surface area contributed by atoms with Gasteiger partial charge < -0.3 is 10.0 Å². The summed E-state index contributed by atoms with van der Waals surface area (Å²) in [5.74, 6) is -0.958. The molecule has 0 aliphatic carbocycles. The predicted octanol–water partition coefficient (Wildman–Crippen LogP) is 2.38. The Hall–Kier alpha value is -1.36. The zero-order chi connectivity index (χ0) is 13.0. The van der Waals surface area contributed by atoms with E-state index in [0.29, 0.717) is 11.4 Å². The molecule has 1 N–H and O–H groups in total. The molecule has 0 saturated carbocycles. The summed E-state index contributed by atoms with van der Waals surface area (Å²) in [7, 11) is 0. The largest absolute Gasteiger partial charge is 0.481 e. The van der Waals surface area contributed by atoms with Crippen LogP contribution >= 0.6 is 11.3 Å². The van der Waals surface area contributed by atoms with Gasteiger partial charge in [-0.3, -0.25) is 9.59 Å². The average Bonchev–Trinajstić information content (AvgIpc) is 2.64. The van der Waals surface area contributed by atoms with Crippen molar-refractivity contribution < 1.29 is 14.7 Å². The first kappa shape index (κ1) is 13.7. The van der Waals surface area contributed by atoms with Crippen molar-refractivity contribution in [1.29, 1.82) is 0 Å². The fourth-order valence-electron chi connectivity index (χ4n) is 1.74. The molecular weight excluding hydrogens is 238 g/mol. The molecule has 0 aliphatic heterocycles. The van der Waals surface area contributed by atoms with Gasteiger partial charge in [0.05, 0.1) is 11.3 Å². The number of thiophene rings is 1. The minimum atomic E-state index is -0.883. The highest BCUT2D eigenvalue weighted by atomic mass is 32.1. The van der Waals surface area contributed by atoms with Gasteiger partial charge in [-0.1, -0.05) is 0 Å². The van der Waals surface area contributed by atoms with Crippen molar-refractivity contribution in [3.8, 4) is 0 Å². The molecule has 0 fully saturated rings. The van der Waals surface area contributed by atoms with Crippen LogP contribution in [0.3, 0.4) is 0 Å². The number of carboxylic acids is 1. The van der Waals surface area contributed by atoms with E-state index in [1.54, 1.807) is 11.8 Å². The highest BCUT2D eigenvalue weighted by Gasteiger charge is 2.23. The van der Waals surface area contributed by atoms with E-state index >= 15 is 0 Å². The first-order chi connectivity index (χ1) is 7.97. The van der Waals surface area contributed by atoms with Crippen LogP contribution in [-0.2, 0) is 4.79 Å². The zero-order valence-electron chi connectivity index (χ0n) is 10.3. The number of carbonyl (C=O) groups is 2. The van der Waals surface area contributed by atoms with Gasteiger partial charge >= 0.3 is 5.97 Å². The molecule has 0 bridgehead atoms. The van der Waals surface area contributed by atoms with Crippen LogP contribution in [0.4, 0.5) is 0 Å². The molecule has 1 unspecified atom stereocenters. The Morgan fingerprint density at radius 1 is 1.53 bits per heavy atom. The number of aliphatic carboxylic acids is 1. The highest BCUT2D eigenvalue weighted by Crippen LogP contribution is 2.19. The van der Waals surface area contributed by atoms with Crippen LogP contribution in [0, 0.1) is 6.92 Å². The maximum atomic E-state index is 12.2. The lowest BCUT2D eigenvalue weighted by atomic mass is 10.2. The SMILES string of the molecule is CCN(C(=O)c1sccc1C)C(C)CC(=O)O. The lowest BCUT2D eigenvalue weighted by molar-refractivity contribution is -0.138. The maximum Gasteiger partial charge on any atom is 0.305 e. The molecule has 5 heteroatoms. The lowest BCUT2D eigenvalue weighted by Crippen LogP contribution is -2.39. The number of aryl methyl sites for hydroxylation is 1. The molecular formula is C12H17NO3S. The summed E-state index contributed by atoms with van der Waals surface area (Å²) < 4.78 is 0. The van der Waals surface area contributed by atoms with E-state index < -0.39 is 5.97 Å². The van der Waals surface area contributed by atoms with Crippen molar-refractivity contribution in [1.82, 2.24) is 4.90 Å². The molecule has 0 aromatic carbocycles. The van der Waals surface area contributed by atoms with Crippen LogP contribution in [0.1, 0.15) is 35.5 Å². The summed E-state index contributed by atoms with van der Waals surface area (Å²) in [6.07, 6.45) is -0.0238. The summed E-state index contributed by atoms with van der Waals surface area (Å²) in [5.41, 5.74) is 0.945. The Kier molecular flexibility index (Phi) is 4.69. The van der Waals surface area contributed by atoms with E-state index in [1.807, 2.05) is 25.3 Å². The quantitative estimate of drug-likeness (QED) is 0.878. The van der Waals surface area contributed by atoms with E-state index in [-0.39, 0.29) is 18.4 Å². The lowest BCUT2D eigenvalue weighted by Gasteiger charge is -2.26. The van der Waals surface area contributed by atoms with E-state index in [0.717, 1.165) is 5.56 Å². The van der Waals surface area contributed by atoms with Crippen molar-refractivity contribution >= 4 is 23.2 Å². The van der Waals surface area contributed by atoms with Crippen molar-refractivity contribution in [3.63, 3.8) is 0 Å². The predicted molar refractivity (Wildman–Crippen MR) is 67.5 cm³/mol. The van der Waals surface area contributed by atoms with E-state index in [1.165, 1.54) is 11.3 Å². The third-order valence-electron chi connectivity index (χ3n) is 2.66. The van der Waals surface area contributed by atoms with Crippen molar-refractivity contribution in [2.75, 3.05) is 6.54 Å². The minimum absolute atomic E-state index is 0.0238. The van der Waals surface area contributed by atoms with E-state index in [2.05, 4.69) is 0 Å². The van der Waals surface area contributed by atoms with Gasteiger partial charge in [-0.15, -0.1) is 11.3 Å². The molecule has 0 radical (unpaired) electrons. The first-order valence-corrected chi connectivity index (χ1v) is 6.42. The molecule has 0 aliphatic rings. The molecule has 0 saturated heterocycles. The van der Waals surface area contributed by atoms with Crippen LogP contribution in [0.2, 0.25) is 0 Å². The Morgan fingerprint density at radius 3 is 2.59 bits per heavy atom. The molecule has 1 atom stereocenters. The molecule has 17 heavy (non-hydrogen) atoms. The van der Waals surface area contributed by atoms with Gasteiger partial charge in [0.1, 0.15) is 0 Å². The van der Waals surface area contributed by atoms with Crippen LogP contribution in [0.5, 0.6) is 0 Å². The van der Waals surface area contributed by atoms with Gasteiger partial charge in [-0.25, -0.2) is 0 Å². The third kappa shape index (κ3) is 3.30. The number of hydrogen-bond donors (Lipinski definition) is 1. The van der Waals surface area contributed by atoms with Gasteiger partial charge in [0.15, 0.2) is 0 Å². The van der Waals surface area contributed by atoms with Gasteiger partial charge in [0, 0.05) is 12.6 Å². The number of nitrogens with zero attached hydrogens (tertiary/aromatic N) is 1. The van der Waals surface area contributed by atoms with Gasteiger partial charge in [-0.2, -0.15) is 0 Å². The average molecular weight is 255 g/mol. The standard InChI is InChI=1S/C12H17NO3S/c1-4-13(9(3)7-10(14)15)12(16)11-8(2)5-6-17-11/h5-6,9H,4,7H2,1-3H3,(H,14,15). The van der Waals surface area contributed by atoms with Crippen LogP contribution < -0.4 is 0 Å². The second kappa shape index (κ2) is 5.82. The second-order valence-corrected chi connectivity index (χ2v) is 4.89. The van der Waals surface area contributed by atoms with Gasteiger partial charge in [0.25, 0.3) is 5.91 Å². The molecule has 1 rings (SSSR count). The maximum absolute atomic E-state index is 12.2. The monoisotopic (exact) mass is 255 g/mol. The molecule has 1 heterocycles. The zero-order valence-corrected chi connectivity index (χ0v) is 11.1. The molecule has 1 aromatic heterocycles. The number of amides is 1. The summed E-state index contributed by atoms with van der Waals surface area (Å²) in [6, 6.07) is 1.61. The number of carbonyl (C=O) groups excluding carboxylic acids is 1. The molecule has 4 nitrogen and oxygen atoms in total. The molecule has 1 amide bonds. The van der Waals surface area contributed by atoms with Crippen molar-refractivity contribution in [2.45, 2.75) is 33.2 Å². The van der Waals surface area contributed by atoms with Crippen molar-refractivity contribution in [3.05, 3.63) is 21.9 Å². The Balaban J connectivity index is 2.84. The van der Waals surface area contributed by atoms with Crippen LogP contribution in [-0.4, -0.2) is 34.5 Å². The Labute approximate surface area is 105 Å². The fraction of sp³-hybridized carbons (Fsp3) is 0.500. The Bertz CT molecular complexity index is 414. The van der Waals surface area contributed by atoms with E-state index in [9.17, 15) is 9.59 Å². The van der Waals surface area contributed by atoms with Crippen LogP contribution in [0.25, 0.3) is 0 Å². The van der Waals surface area contributed by atoms with Crippen molar-refractivity contribution in [2.24, 2.45) is 0 Å². The highest BCUT2D eigenvalue weighted by molar-refractivity contribution is 7.12. The Morgan fingerprint density at radius 2 is 2.18 bits per heavy atom. The smallest absolute Gasteiger partial charge is 0.305 e. The summed E-state index contributed by atoms with van der Waals surface area (Å²) in [4.78, 5) is 25.2. The first-order valence-electron chi connectivity index (χ1n) is 5.54. The molecule has 94 valence electrons. The fourth-order valence-corrected chi connectivity index (χ4v) is 2.62.